The molecule has 3 atom stereocenters. The second kappa shape index (κ2) is 5.23. The van der Waals surface area contributed by atoms with Crippen molar-refractivity contribution in [2.45, 2.75) is 64.9 Å². The van der Waals surface area contributed by atoms with Gasteiger partial charge < -0.3 is 10.0 Å². The second-order valence-corrected chi connectivity index (χ2v) is 9.46. The third kappa shape index (κ3) is 2.67. The zero-order valence-corrected chi connectivity index (χ0v) is 13.9. The van der Waals surface area contributed by atoms with Gasteiger partial charge in [0.2, 0.25) is 0 Å². The fraction of sp³-hybridized carbons (Fsp3) is 1.00. The Kier molecular flexibility index (Phi) is 3.61. The fourth-order valence-corrected chi connectivity index (χ4v) is 6.97. The zero-order valence-electron chi connectivity index (χ0n) is 13.9. The molecule has 1 N–H and O–H groups in total. The van der Waals surface area contributed by atoms with Crippen LogP contribution in [0.5, 0.6) is 0 Å². The topological polar surface area (TPSA) is 23.5 Å². The molecule has 4 aliphatic carbocycles. The summed E-state index contributed by atoms with van der Waals surface area (Å²) in [6, 6.07) is 0. The van der Waals surface area contributed by atoms with E-state index >= 15 is 0 Å². The normalized spacial score (nSPS) is 51.3. The smallest absolute Gasteiger partial charge is 0.0723 e. The number of nitrogens with zero attached hydrogens (tertiary/aromatic N) is 1. The van der Waals surface area contributed by atoms with E-state index in [0.717, 1.165) is 36.1 Å². The molecule has 1 heterocycles. The molecule has 21 heavy (non-hydrogen) atoms. The number of aliphatic hydroxyl groups excluding tert-OH is 1. The average molecular weight is 291 g/mol. The lowest BCUT2D eigenvalue weighted by Crippen LogP contribution is -2.55. The zero-order chi connectivity index (χ0) is 14.6. The summed E-state index contributed by atoms with van der Waals surface area (Å²) in [6.07, 6.45) is 9.72. The highest BCUT2D eigenvalue weighted by atomic mass is 16.3. The molecule has 4 bridgehead atoms. The lowest BCUT2D eigenvalue weighted by molar-refractivity contribution is -0.129. The number of β-amino-alcohol motifs (C(OH)–C–C–N with tert-alkyl or cyclic N) is 1. The maximum absolute atomic E-state index is 11.1. The van der Waals surface area contributed by atoms with Gasteiger partial charge >= 0.3 is 0 Å². The summed E-state index contributed by atoms with van der Waals surface area (Å²) in [4.78, 5) is 2.57. The predicted octanol–water partition coefficient (Wildman–Crippen LogP) is 3.54. The molecule has 4 saturated carbocycles. The van der Waals surface area contributed by atoms with E-state index < -0.39 is 0 Å². The molecule has 2 nitrogen and oxygen atoms in total. The van der Waals surface area contributed by atoms with Crippen LogP contribution in [0.15, 0.2) is 0 Å². The Morgan fingerprint density at radius 1 is 0.905 bits per heavy atom. The average Bonchev–Trinajstić information content (AvgIpc) is 2.35. The van der Waals surface area contributed by atoms with E-state index in [1.165, 1.54) is 58.0 Å². The summed E-state index contributed by atoms with van der Waals surface area (Å²) in [7, 11) is 0. The van der Waals surface area contributed by atoms with Gasteiger partial charge in [0, 0.05) is 19.6 Å². The minimum Gasteiger partial charge on any atom is -0.391 e. The van der Waals surface area contributed by atoms with E-state index in [9.17, 15) is 5.11 Å². The molecule has 1 saturated heterocycles. The third-order valence-corrected chi connectivity index (χ3v) is 7.17. The number of aliphatic hydroxyl groups is 1. The van der Waals surface area contributed by atoms with Crippen molar-refractivity contribution in [3.8, 4) is 0 Å². The lowest BCUT2D eigenvalue weighted by atomic mass is 9.48. The van der Waals surface area contributed by atoms with Crippen molar-refractivity contribution in [2.75, 3.05) is 19.6 Å². The number of hydrogen-bond donors (Lipinski definition) is 1. The molecule has 0 amide bonds. The first-order valence-electron chi connectivity index (χ1n) is 9.43. The van der Waals surface area contributed by atoms with Crippen LogP contribution in [-0.4, -0.2) is 35.7 Å². The fourth-order valence-electron chi connectivity index (χ4n) is 6.97. The number of rotatable bonds is 3. The first-order chi connectivity index (χ1) is 10.0. The molecular weight excluding hydrogens is 258 g/mol. The van der Waals surface area contributed by atoms with Gasteiger partial charge in [-0.15, -0.1) is 0 Å². The van der Waals surface area contributed by atoms with Crippen LogP contribution in [0.3, 0.4) is 0 Å². The highest BCUT2D eigenvalue weighted by Crippen LogP contribution is 2.61. The molecule has 0 aromatic rings. The molecule has 120 valence electrons. The first-order valence-corrected chi connectivity index (χ1v) is 9.43. The van der Waals surface area contributed by atoms with Gasteiger partial charge in [-0.2, -0.15) is 0 Å². The Hall–Kier alpha value is -0.0800. The summed E-state index contributed by atoms with van der Waals surface area (Å²) in [6.45, 7) is 8.10. The van der Waals surface area contributed by atoms with E-state index in [1.54, 1.807) is 0 Å². The van der Waals surface area contributed by atoms with Crippen molar-refractivity contribution in [3.63, 3.8) is 0 Å². The largest absolute Gasteiger partial charge is 0.391 e. The van der Waals surface area contributed by atoms with Gasteiger partial charge in [0.05, 0.1) is 6.10 Å². The Morgan fingerprint density at radius 3 is 1.86 bits per heavy atom. The maximum Gasteiger partial charge on any atom is 0.0723 e. The number of piperidine rings is 1. The van der Waals surface area contributed by atoms with Crippen molar-refractivity contribution in [1.29, 1.82) is 0 Å². The van der Waals surface area contributed by atoms with Crippen molar-refractivity contribution < 1.29 is 5.11 Å². The molecule has 1 aliphatic heterocycles. The summed E-state index contributed by atoms with van der Waals surface area (Å²) in [5.74, 6) is 4.45. The van der Waals surface area contributed by atoms with E-state index in [-0.39, 0.29) is 6.10 Å². The van der Waals surface area contributed by atoms with Gasteiger partial charge in [-0.25, -0.2) is 0 Å². The Bertz CT molecular complexity index is 348. The molecule has 0 radical (unpaired) electrons. The molecular formula is C19H33NO. The molecule has 5 rings (SSSR count). The van der Waals surface area contributed by atoms with E-state index in [1.807, 2.05) is 0 Å². The second-order valence-electron chi connectivity index (χ2n) is 9.46. The van der Waals surface area contributed by atoms with Crippen LogP contribution in [0.4, 0.5) is 0 Å². The highest BCUT2D eigenvalue weighted by molar-refractivity contribution is 5.04. The molecule has 0 spiro atoms. The molecule has 5 aliphatic rings. The van der Waals surface area contributed by atoms with Gasteiger partial charge in [-0.1, -0.05) is 13.8 Å². The molecule has 2 heteroatoms. The van der Waals surface area contributed by atoms with Crippen LogP contribution in [0, 0.1) is 35.0 Å². The number of hydrogen-bond acceptors (Lipinski definition) is 2. The van der Waals surface area contributed by atoms with E-state index in [4.69, 9.17) is 0 Å². The third-order valence-electron chi connectivity index (χ3n) is 7.17. The number of likely N-dealkylation sites (tertiary alicyclic amines) is 1. The van der Waals surface area contributed by atoms with Crippen LogP contribution < -0.4 is 0 Å². The Balaban J connectivity index is 1.44. The molecule has 5 fully saturated rings. The van der Waals surface area contributed by atoms with Gasteiger partial charge in [0.1, 0.15) is 0 Å². The SMILES string of the molecule is CC1CC(C)CN(CC(O)C23CC4CC(CC(C4)C2)C3)C1. The van der Waals surface area contributed by atoms with E-state index in [2.05, 4.69) is 18.7 Å². The first kappa shape index (κ1) is 14.5. The van der Waals surface area contributed by atoms with Crippen LogP contribution >= 0.6 is 0 Å². The minimum absolute atomic E-state index is 0.0663. The highest BCUT2D eigenvalue weighted by Gasteiger charge is 2.54. The van der Waals surface area contributed by atoms with Crippen molar-refractivity contribution in [3.05, 3.63) is 0 Å². The Labute approximate surface area is 130 Å². The summed E-state index contributed by atoms with van der Waals surface area (Å²) in [5.41, 5.74) is 0.304. The van der Waals surface area contributed by atoms with Crippen molar-refractivity contribution >= 4 is 0 Å². The van der Waals surface area contributed by atoms with Gasteiger partial charge in [-0.3, -0.25) is 0 Å². The van der Waals surface area contributed by atoms with Crippen LogP contribution in [0.1, 0.15) is 58.8 Å². The minimum atomic E-state index is -0.0663. The summed E-state index contributed by atoms with van der Waals surface area (Å²) >= 11 is 0. The van der Waals surface area contributed by atoms with Crippen molar-refractivity contribution in [1.82, 2.24) is 4.90 Å². The summed E-state index contributed by atoms with van der Waals surface area (Å²) in [5, 5.41) is 11.1. The molecule has 0 aromatic carbocycles. The van der Waals surface area contributed by atoms with Crippen LogP contribution in [-0.2, 0) is 0 Å². The van der Waals surface area contributed by atoms with E-state index in [0.29, 0.717) is 5.41 Å². The van der Waals surface area contributed by atoms with Gasteiger partial charge in [0.15, 0.2) is 0 Å². The molecule has 3 unspecified atom stereocenters. The Morgan fingerprint density at radius 2 is 1.38 bits per heavy atom. The molecule has 0 aromatic heterocycles. The van der Waals surface area contributed by atoms with Crippen molar-refractivity contribution in [2.24, 2.45) is 35.0 Å². The van der Waals surface area contributed by atoms with Gasteiger partial charge in [-0.05, 0) is 80.0 Å². The predicted molar refractivity (Wildman–Crippen MR) is 86.0 cm³/mol. The maximum atomic E-state index is 11.1. The summed E-state index contributed by atoms with van der Waals surface area (Å²) < 4.78 is 0. The van der Waals surface area contributed by atoms with Gasteiger partial charge in [0.25, 0.3) is 0 Å². The van der Waals surface area contributed by atoms with Crippen LogP contribution in [0.25, 0.3) is 0 Å². The monoisotopic (exact) mass is 291 g/mol. The standard InChI is InChI=1S/C19H33NO/c1-13-3-14(2)11-20(10-13)12-18(21)19-7-15-4-16(8-19)6-17(5-15)9-19/h13-18,21H,3-12H2,1-2H3. The quantitative estimate of drug-likeness (QED) is 0.859. The lowest BCUT2D eigenvalue weighted by Gasteiger charge is -2.59. The van der Waals surface area contributed by atoms with Crippen LogP contribution in [0.2, 0.25) is 0 Å².